The van der Waals surface area contributed by atoms with Gasteiger partial charge in [-0.1, -0.05) is 6.07 Å². The van der Waals surface area contributed by atoms with E-state index >= 15 is 0 Å². The Hall–Kier alpha value is -2.22. The van der Waals surface area contributed by atoms with Gasteiger partial charge in [0, 0.05) is 13.1 Å². The number of benzene rings is 1. The summed E-state index contributed by atoms with van der Waals surface area (Å²) in [5.74, 6) is -0.0157. The molecule has 88 valence electrons. The molecule has 1 aromatic rings. The summed E-state index contributed by atoms with van der Waals surface area (Å²) in [4.78, 5) is 13.5. The second-order valence-electron chi connectivity index (χ2n) is 4.01. The molecule has 5 heteroatoms. The first-order valence-corrected chi connectivity index (χ1v) is 5.48. The first-order valence-electron chi connectivity index (χ1n) is 5.48. The fraction of sp³-hybridized carbons (Fsp3) is 0.333. The largest absolute Gasteiger partial charge is 0.396 e. The van der Waals surface area contributed by atoms with E-state index in [0.29, 0.717) is 24.3 Å². The Balaban J connectivity index is 2.40. The van der Waals surface area contributed by atoms with Crippen LogP contribution in [0.25, 0.3) is 0 Å². The highest BCUT2D eigenvalue weighted by Crippen LogP contribution is 2.28. The second kappa shape index (κ2) is 4.34. The predicted octanol–water partition coefficient (Wildman–Crippen LogP) is 0.465. The number of hydrogen-bond donors (Lipinski definition) is 2. The van der Waals surface area contributed by atoms with Crippen LogP contribution in [0.2, 0.25) is 0 Å². The van der Waals surface area contributed by atoms with Gasteiger partial charge in [0.05, 0.1) is 16.9 Å². The number of carbonyl (C=O) groups excluding carboxylic acids is 1. The minimum Gasteiger partial charge on any atom is -0.396 e. The molecule has 0 spiro atoms. The summed E-state index contributed by atoms with van der Waals surface area (Å²) in [5, 5.41) is 11.7. The van der Waals surface area contributed by atoms with E-state index in [0.717, 1.165) is 5.69 Å². The summed E-state index contributed by atoms with van der Waals surface area (Å²) in [6.07, 6.45) is 0. The van der Waals surface area contributed by atoms with Crippen LogP contribution in [0.3, 0.4) is 0 Å². The average molecular weight is 230 g/mol. The van der Waals surface area contributed by atoms with Crippen molar-refractivity contribution in [3.8, 4) is 6.07 Å². The minimum absolute atomic E-state index is 0.0157. The van der Waals surface area contributed by atoms with Crippen molar-refractivity contribution in [1.82, 2.24) is 5.32 Å². The van der Waals surface area contributed by atoms with E-state index in [9.17, 15) is 4.79 Å². The molecule has 1 amide bonds. The molecule has 1 saturated heterocycles. The lowest BCUT2D eigenvalue weighted by molar-refractivity contribution is -0.122. The minimum atomic E-state index is -0.264. The Morgan fingerprint density at radius 3 is 3.06 bits per heavy atom. The molecular formula is C12H14N4O. The van der Waals surface area contributed by atoms with Gasteiger partial charge in [-0.25, -0.2) is 0 Å². The SMILES string of the molecule is CC1C(=O)NCCN1c1cccc(C#N)c1N. The molecule has 0 radical (unpaired) electrons. The molecule has 1 atom stereocenters. The lowest BCUT2D eigenvalue weighted by Gasteiger charge is -2.35. The van der Waals surface area contributed by atoms with Crippen molar-refractivity contribution < 1.29 is 4.79 Å². The summed E-state index contributed by atoms with van der Waals surface area (Å²) in [7, 11) is 0. The highest BCUT2D eigenvalue weighted by atomic mass is 16.2. The highest BCUT2D eigenvalue weighted by Gasteiger charge is 2.27. The molecule has 5 nitrogen and oxygen atoms in total. The monoisotopic (exact) mass is 230 g/mol. The Morgan fingerprint density at radius 1 is 1.59 bits per heavy atom. The van der Waals surface area contributed by atoms with Crippen molar-refractivity contribution in [2.24, 2.45) is 0 Å². The van der Waals surface area contributed by atoms with Gasteiger partial charge in [-0.05, 0) is 19.1 Å². The summed E-state index contributed by atoms with van der Waals surface area (Å²) in [6, 6.07) is 7.08. The van der Waals surface area contributed by atoms with E-state index in [1.165, 1.54) is 0 Å². The van der Waals surface area contributed by atoms with Crippen LogP contribution < -0.4 is 16.0 Å². The zero-order valence-corrected chi connectivity index (χ0v) is 9.60. The number of nitrogens with one attached hydrogen (secondary N) is 1. The van der Waals surface area contributed by atoms with Gasteiger partial charge in [-0.3, -0.25) is 4.79 Å². The van der Waals surface area contributed by atoms with Gasteiger partial charge in [-0.2, -0.15) is 5.26 Å². The molecule has 17 heavy (non-hydrogen) atoms. The molecule has 1 unspecified atom stereocenters. The Bertz CT molecular complexity index is 492. The third-order valence-corrected chi connectivity index (χ3v) is 3.01. The van der Waals surface area contributed by atoms with Gasteiger partial charge in [0.25, 0.3) is 0 Å². The second-order valence-corrected chi connectivity index (χ2v) is 4.01. The lowest BCUT2D eigenvalue weighted by atomic mass is 10.1. The van der Waals surface area contributed by atoms with Crippen molar-refractivity contribution in [2.45, 2.75) is 13.0 Å². The van der Waals surface area contributed by atoms with Crippen LogP contribution in [-0.4, -0.2) is 25.0 Å². The number of rotatable bonds is 1. The molecule has 0 aromatic heterocycles. The summed E-state index contributed by atoms with van der Waals surface area (Å²) >= 11 is 0. The van der Waals surface area contributed by atoms with Gasteiger partial charge in [-0.15, -0.1) is 0 Å². The molecule has 1 aliphatic heterocycles. The number of nitrogen functional groups attached to an aromatic ring is 1. The van der Waals surface area contributed by atoms with Crippen LogP contribution in [-0.2, 0) is 4.79 Å². The van der Waals surface area contributed by atoms with Crippen LogP contribution >= 0.6 is 0 Å². The summed E-state index contributed by atoms with van der Waals surface area (Å²) in [5.41, 5.74) is 7.58. The topological polar surface area (TPSA) is 82.2 Å². The van der Waals surface area contributed by atoms with E-state index in [4.69, 9.17) is 11.0 Å². The molecule has 0 bridgehead atoms. The molecule has 2 rings (SSSR count). The summed E-state index contributed by atoms with van der Waals surface area (Å²) < 4.78 is 0. The summed E-state index contributed by atoms with van der Waals surface area (Å²) in [6.45, 7) is 3.12. The van der Waals surface area contributed by atoms with Crippen molar-refractivity contribution in [2.75, 3.05) is 23.7 Å². The zero-order valence-electron chi connectivity index (χ0n) is 9.60. The Kier molecular flexibility index (Phi) is 2.88. The lowest BCUT2D eigenvalue weighted by Crippen LogP contribution is -2.54. The molecular weight excluding hydrogens is 216 g/mol. The van der Waals surface area contributed by atoms with Crippen molar-refractivity contribution in [3.05, 3.63) is 23.8 Å². The fourth-order valence-corrected chi connectivity index (χ4v) is 2.01. The number of amides is 1. The van der Waals surface area contributed by atoms with Crippen LogP contribution in [0.4, 0.5) is 11.4 Å². The highest BCUT2D eigenvalue weighted by molar-refractivity contribution is 5.88. The standard InChI is InChI=1S/C12H14N4O/c1-8-12(17)15-5-6-16(8)10-4-2-3-9(7-13)11(10)14/h2-4,8H,5-6,14H2,1H3,(H,15,17). The maximum Gasteiger partial charge on any atom is 0.242 e. The number of nitriles is 1. The Morgan fingerprint density at radius 2 is 2.35 bits per heavy atom. The molecule has 0 saturated carbocycles. The first-order chi connectivity index (χ1) is 8.15. The van der Waals surface area contributed by atoms with Gasteiger partial charge >= 0.3 is 0 Å². The molecule has 3 N–H and O–H groups in total. The van der Waals surface area contributed by atoms with Crippen LogP contribution in [0, 0.1) is 11.3 Å². The zero-order chi connectivity index (χ0) is 12.4. The van der Waals surface area contributed by atoms with E-state index in [-0.39, 0.29) is 11.9 Å². The molecule has 1 heterocycles. The van der Waals surface area contributed by atoms with E-state index < -0.39 is 0 Å². The fourth-order valence-electron chi connectivity index (χ4n) is 2.01. The first kappa shape index (κ1) is 11.3. The van der Waals surface area contributed by atoms with E-state index in [1.54, 1.807) is 12.1 Å². The molecule has 0 aliphatic carbocycles. The van der Waals surface area contributed by atoms with E-state index in [1.807, 2.05) is 24.0 Å². The average Bonchev–Trinajstić information content (AvgIpc) is 2.33. The van der Waals surface area contributed by atoms with Gasteiger partial charge < -0.3 is 16.0 Å². The van der Waals surface area contributed by atoms with Gasteiger partial charge in [0.1, 0.15) is 12.1 Å². The Labute approximate surface area is 99.8 Å². The third-order valence-electron chi connectivity index (χ3n) is 3.01. The van der Waals surface area contributed by atoms with Gasteiger partial charge in [0.2, 0.25) is 5.91 Å². The number of anilines is 2. The van der Waals surface area contributed by atoms with Crippen molar-refractivity contribution in [3.63, 3.8) is 0 Å². The number of carbonyl (C=O) groups is 1. The number of nitrogens with two attached hydrogens (primary N) is 1. The quantitative estimate of drug-likeness (QED) is 0.687. The number of nitrogens with zero attached hydrogens (tertiary/aromatic N) is 2. The van der Waals surface area contributed by atoms with Crippen LogP contribution in [0.5, 0.6) is 0 Å². The predicted molar refractivity (Wildman–Crippen MR) is 65.4 cm³/mol. The number of hydrogen-bond acceptors (Lipinski definition) is 4. The smallest absolute Gasteiger partial charge is 0.242 e. The van der Waals surface area contributed by atoms with Crippen molar-refractivity contribution in [1.29, 1.82) is 5.26 Å². The molecule has 1 fully saturated rings. The molecule has 1 aliphatic rings. The normalized spacial score (nSPS) is 19.6. The van der Waals surface area contributed by atoms with Crippen LogP contribution in [0.1, 0.15) is 12.5 Å². The van der Waals surface area contributed by atoms with Crippen LogP contribution in [0.15, 0.2) is 18.2 Å². The van der Waals surface area contributed by atoms with Crippen molar-refractivity contribution >= 4 is 17.3 Å². The van der Waals surface area contributed by atoms with Gasteiger partial charge in [0.15, 0.2) is 0 Å². The molecule has 1 aromatic carbocycles. The third kappa shape index (κ3) is 1.89. The number of para-hydroxylation sites is 1. The van der Waals surface area contributed by atoms with E-state index in [2.05, 4.69) is 5.32 Å². The maximum absolute atomic E-state index is 11.6. The maximum atomic E-state index is 11.6. The number of piperazine rings is 1.